The number of nitrogens with zero attached hydrogens (tertiary/aromatic N) is 3. The Bertz CT molecular complexity index is 1050. The number of benzene rings is 2. The zero-order chi connectivity index (χ0) is 19.4. The van der Waals surface area contributed by atoms with Gasteiger partial charge in [0.25, 0.3) is 0 Å². The number of hydrogen-bond acceptors (Lipinski definition) is 5. The van der Waals surface area contributed by atoms with Crippen molar-refractivity contribution in [3.8, 4) is 0 Å². The topological polar surface area (TPSA) is 75.2 Å². The van der Waals surface area contributed by atoms with E-state index in [-0.39, 0.29) is 0 Å². The van der Waals surface area contributed by atoms with Crippen molar-refractivity contribution in [1.82, 2.24) is 14.3 Å². The van der Waals surface area contributed by atoms with Crippen LogP contribution in [0.1, 0.15) is 24.8 Å². The average molecular weight is 397 g/mol. The number of hydrogen-bond donors (Lipinski definition) is 1. The summed E-state index contributed by atoms with van der Waals surface area (Å²) in [5, 5.41) is 3.28. The molecule has 0 saturated carbocycles. The molecule has 2 aromatic carbocycles. The van der Waals surface area contributed by atoms with E-state index in [4.69, 9.17) is 0 Å². The van der Waals surface area contributed by atoms with E-state index in [0.29, 0.717) is 34.8 Å². The van der Waals surface area contributed by atoms with Gasteiger partial charge in [0.1, 0.15) is 5.82 Å². The summed E-state index contributed by atoms with van der Waals surface area (Å²) in [5.74, 6) is 0.690. The van der Waals surface area contributed by atoms with Gasteiger partial charge in [-0.25, -0.2) is 13.4 Å². The smallest absolute Gasteiger partial charge is 0.243 e. The highest BCUT2D eigenvalue weighted by molar-refractivity contribution is 7.89. The number of rotatable bonds is 6. The van der Waals surface area contributed by atoms with E-state index in [9.17, 15) is 8.42 Å². The van der Waals surface area contributed by atoms with E-state index in [1.807, 2.05) is 18.2 Å². The highest BCUT2D eigenvalue weighted by Crippen LogP contribution is 2.23. The van der Waals surface area contributed by atoms with Gasteiger partial charge < -0.3 is 5.32 Å². The van der Waals surface area contributed by atoms with Crippen molar-refractivity contribution in [1.29, 1.82) is 0 Å². The maximum Gasteiger partial charge on any atom is 0.243 e. The summed E-state index contributed by atoms with van der Waals surface area (Å²) in [5.41, 5.74) is 2.53. The van der Waals surface area contributed by atoms with Crippen LogP contribution in [0, 0.1) is 0 Å². The molecule has 1 aliphatic heterocycles. The van der Waals surface area contributed by atoms with E-state index >= 15 is 0 Å². The van der Waals surface area contributed by atoms with Crippen LogP contribution in [0.4, 0.5) is 5.82 Å². The molecule has 0 unspecified atom stereocenters. The first-order chi connectivity index (χ1) is 13.6. The Labute approximate surface area is 165 Å². The predicted octanol–water partition coefficient (Wildman–Crippen LogP) is 3.46. The van der Waals surface area contributed by atoms with Crippen LogP contribution in [0.5, 0.6) is 0 Å². The molecule has 0 atom stereocenters. The van der Waals surface area contributed by atoms with Crippen LogP contribution >= 0.6 is 0 Å². The molecule has 7 heteroatoms. The highest BCUT2D eigenvalue weighted by atomic mass is 32.2. The van der Waals surface area contributed by atoms with Crippen molar-refractivity contribution in [2.24, 2.45) is 0 Å². The number of fused-ring (bicyclic) bond motifs is 1. The lowest BCUT2D eigenvalue weighted by molar-refractivity contribution is 0.346. The van der Waals surface area contributed by atoms with Gasteiger partial charge in [-0.1, -0.05) is 36.8 Å². The van der Waals surface area contributed by atoms with E-state index < -0.39 is 10.0 Å². The van der Waals surface area contributed by atoms with Crippen molar-refractivity contribution < 1.29 is 8.42 Å². The van der Waals surface area contributed by atoms with Gasteiger partial charge in [0.2, 0.25) is 10.0 Å². The second-order valence-corrected chi connectivity index (χ2v) is 8.97. The molecule has 3 aromatic rings. The van der Waals surface area contributed by atoms with E-state index in [1.54, 1.807) is 28.7 Å². The lowest BCUT2D eigenvalue weighted by Crippen LogP contribution is -2.35. The number of anilines is 1. The van der Waals surface area contributed by atoms with E-state index in [2.05, 4.69) is 27.4 Å². The molecule has 0 bridgehead atoms. The Kier molecular flexibility index (Phi) is 5.54. The fraction of sp³-hybridized carbons (Fsp3) is 0.333. The minimum absolute atomic E-state index is 0.293. The normalized spacial score (nSPS) is 15.6. The number of sulfonamides is 1. The van der Waals surface area contributed by atoms with Crippen molar-refractivity contribution in [3.63, 3.8) is 0 Å². The summed E-state index contributed by atoms with van der Waals surface area (Å²) < 4.78 is 27.3. The summed E-state index contributed by atoms with van der Waals surface area (Å²) in [4.78, 5) is 9.27. The molecule has 2 heterocycles. The van der Waals surface area contributed by atoms with Crippen molar-refractivity contribution in [2.45, 2.75) is 30.6 Å². The van der Waals surface area contributed by atoms with E-state index in [0.717, 1.165) is 32.2 Å². The Balaban J connectivity index is 1.48. The number of nitrogens with one attached hydrogen (secondary N) is 1. The summed E-state index contributed by atoms with van der Waals surface area (Å²) in [6.45, 7) is 1.94. The average Bonchev–Trinajstić information content (AvgIpc) is 2.74. The van der Waals surface area contributed by atoms with Crippen molar-refractivity contribution in [3.05, 3.63) is 60.3 Å². The molecule has 6 nitrogen and oxygen atoms in total. The molecule has 1 N–H and O–H groups in total. The quantitative estimate of drug-likeness (QED) is 0.691. The molecular weight excluding hydrogens is 372 g/mol. The van der Waals surface area contributed by atoms with Gasteiger partial charge >= 0.3 is 0 Å². The van der Waals surface area contributed by atoms with Crippen LogP contribution in [0.3, 0.4) is 0 Å². The maximum atomic E-state index is 12.8. The molecule has 0 radical (unpaired) electrons. The van der Waals surface area contributed by atoms with Gasteiger partial charge in [-0.05, 0) is 43.0 Å². The standard InChI is InChI=1S/C21H24N4O2S/c26-28(27,25-13-5-2-6-14-25)18-9-10-19-20(15-18)23-16-21(24-19)22-12-11-17-7-3-1-4-8-17/h1,3-4,7-10,15-16H,2,5-6,11-14H2,(H,22,24). The summed E-state index contributed by atoms with van der Waals surface area (Å²) in [6.07, 6.45) is 5.49. The molecule has 0 spiro atoms. The van der Waals surface area contributed by atoms with Crippen LogP contribution in [0.15, 0.2) is 59.6 Å². The molecule has 1 saturated heterocycles. The third kappa shape index (κ3) is 4.15. The Hall–Kier alpha value is -2.51. The Morgan fingerprint density at radius 2 is 1.75 bits per heavy atom. The van der Waals surface area contributed by atoms with Crippen LogP contribution in [0.2, 0.25) is 0 Å². The van der Waals surface area contributed by atoms with Crippen LogP contribution in [0.25, 0.3) is 11.0 Å². The lowest BCUT2D eigenvalue weighted by atomic mass is 10.1. The summed E-state index contributed by atoms with van der Waals surface area (Å²) >= 11 is 0. The van der Waals surface area contributed by atoms with Gasteiger partial charge in [-0.3, -0.25) is 4.98 Å². The molecule has 0 amide bonds. The van der Waals surface area contributed by atoms with Crippen LogP contribution < -0.4 is 5.32 Å². The van der Waals surface area contributed by atoms with Gasteiger partial charge in [0.15, 0.2) is 0 Å². The first-order valence-electron chi connectivity index (χ1n) is 9.68. The second-order valence-electron chi connectivity index (χ2n) is 7.03. The molecule has 1 aliphatic rings. The zero-order valence-corrected chi connectivity index (χ0v) is 16.5. The van der Waals surface area contributed by atoms with Crippen molar-refractivity contribution >= 4 is 26.9 Å². The van der Waals surface area contributed by atoms with Crippen molar-refractivity contribution in [2.75, 3.05) is 25.0 Å². The largest absolute Gasteiger partial charge is 0.368 e. The molecule has 28 heavy (non-hydrogen) atoms. The van der Waals surface area contributed by atoms with Crippen LogP contribution in [-0.2, 0) is 16.4 Å². The van der Waals surface area contributed by atoms with Gasteiger partial charge in [-0.2, -0.15) is 4.31 Å². The number of aromatic nitrogens is 2. The second kappa shape index (κ2) is 8.24. The van der Waals surface area contributed by atoms with E-state index in [1.165, 1.54) is 5.56 Å². The SMILES string of the molecule is O=S(=O)(c1ccc2nc(NCCc3ccccc3)cnc2c1)N1CCCCC1. The fourth-order valence-corrected chi connectivity index (χ4v) is 5.01. The van der Waals surface area contributed by atoms with Crippen LogP contribution in [-0.4, -0.2) is 42.3 Å². The molecular formula is C21H24N4O2S. The minimum Gasteiger partial charge on any atom is -0.368 e. The van der Waals surface area contributed by atoms with Gasteiger partial charge in [0.05, 0.1) is 22.1 Å². The third-order valence-corrected chi connectivity index (χ3v) is 6.92. The van der Waals surface area contributed by atoms with Gasteiger partial charge in [-0.15, -0.1) is 0 Å². The first-order valence-corrected chi connectivity index (χ1v) is 11.1. The Morgan fingerprint density at radius 3 is 2.54 bits per heavy atom. The Morgan fingerprint density at radius 1 is 0.964 bits per heavy atom. The van der Waals surface area contributed by atoms with Gasteiger partial charge in [0, 0.05) is 19.6 Å². The summed E-state index contributed by atoms with van der Waals surface area (Å²) in [7, 11) is -3.46. The first kappa shape index (κ1) is 18.8. The third-order valence-electron chi connectivity index (χ3n) is 5.03. The highest BCUT2D eigenvalue weighted by Gasteiger charge is 2.26. The summed E-state index contributed by atoms with van der Waals surface area (Å²) in [6, 6.07) is 15.2. The maximum absolute atomic E-state index is 12.8. The minimum atomic E-state index is -3.46. The number of piperidine rings is 1. The molecule has 4 rings (SSSR count). The molecule has 146 valence electrons. The predicted molar refractivity (Wildman–Crippen MR) is 111 cm³/mol. The monoisotopic (exact) mass is 396 g/mol. The fourth-order valence-electron chi connectivity index (χ4n) is 3.47. The zero-order valence-electron chi connectivity index (χ0n) is 15.7. The molecule has 0 aliphatic carbocycles. The lowest BCUT2D eigenvalue weighted by Gasteiger charge is -2.25. The molecule has 1 aromatic heterocycles. The molecule has 1 fully saturated rings.